The van der Waals surface area contributed by atoms with Gasteiger partial charge in [-0.15, -0.1) is 0 Å². The first-order valence-corrected chi connectivity index (χ1v) is 5.37. The molecule has 4 nitrogen and oxygen atoms in total. The van der Waals surface area contributed by atoms with Crippen LogP contribution in [-0.4, -0.2) is 18.1 Å². The van der Waals surface area contributed by atoms with Crippen LogP contribution in [0.4, 0.5) is 0 Å². The van der Waals surface area contributed by atoms with Crippen LogP contribution >= 0.6 is 0 Å². The monoisotopic (exact) mass is 206 g/mol. The average molecular weight is 206 g/mol. The molecule has 2 N–H and O–H groups in total. The summed E-state index contributed by atoms with van der Waals surface area (Å²) < 4.78 is 5.91. The first-order valence-electron chi connectivity index (χ1n) is 5.37. The van der Waals surface area contributed by atoms with Crippen LogP contribution in [0.3, 0.4) is 0 Å². The van der Waals surface area contributed by atoms with E-state index in [1.54, 1.807) is 12.3 Å². The molecule has 0 aromatic carbocycles. The lowest BCUT2D eigenvalue weighted by Gasteiger charge is -2.33. The molecule has 1 saturated heterocycles. The predicted octanol–water partition coefficient (Wildman–Crippen LogP) is 0.484. The topological polar surface area (TPSA) is 54.1 Å². The van der Waals surface area contributed by atoms with Gasteiger partial charge in [0.05, 0.1) is 12.2 Å². The summed E-state index contributed by atoms with van der Waals surface area (Å²) in [5.74, 6) is 0. The number of ether oxygens (including phenoxy) is 1. The number of fused-ring (bicyclic) bond motifs is 2. The van der Waals surface area contributed by atoms with Crippen molar-refractivity contribution in [3.05, 3.63) is 33.7 Å². The second kappa shape index (κ2) is 3.18. The van der Waals surface area contributed by atoms with Gasteiger partial charge in [-0.25, -0.2) is 0 Å². The number of H-pyrrole nitrogens is 1. The molecule has 0 saturated carbocycles. The predicted molar refractivity (Wildman–Crippen MR) is 55.6 cm³/mol. The molecule has 4 heteroatoms. The number of nitrogens with one attached hydrogen (secondary N) is 2. The minimum atomic E-state index is -0.186. The number of hydrogen-bond donors (Lipinski definition) is 2. The third-order valence-corrected chi connectivity index (χ3v) is 3.42. The summed E-state index contributed by atoms with van der Waals surface area (Å²) in [6.45, 7) is 2.56. The van der Waals surface area contributed by atoms with Crippen molar-refractivity contribution >= 4 is 0 Å². The zero-order chi connectivity index (χ0) is 10.3. The van der Waals surface area contributed by atoms with Crippen molar-refractivity contribution in [2.24, 2.45) is 0 Å². The molecule has 2 aliphatic rings. The summed E-state index contributed by atoms with van der Waals surface area (Å²) in [6.07, 6.45) is 3.71. The minimum Gasteiger partial charge on any atom is -0.365 e. The summed E-state index contributed by atoms with van der Waals surface area (Å²) in [5.41, 5.74) is 2.02. The standard InChI is InChI=1S/C11H14N2O2/c14-10-5-9-8(6-13-10)7-15-11(9)1-3-12-4-2-11/h5-6,12H,1-4,7H2,(H,13,14). The van der Waals surface area contributed by atoms with Crippen molar-refractivity contribution in [1.29, 1.82) is 0 Å². The molecule has 1 aromatic heterocycles. The Hall–Kier alpha value is -1.13. The maximum atomic E-state index is 11.3. The van der Waals surface area contributed by atoms with Crippen molar-refractivity contribution < 1.29 is 4.74 Å². The van der Waals surface area contributed by atoms with Gasteiger partial charge in [0.2, 0.25) is 5.56 Å². The Bertz CT molecular complexity index is 427. The van der Waals surface area contributed by atoms with E-state index in [2.05, 4.69) is 10.3 Å². The fraction of sp³-hybridized carbons (Fsp3) is 0.545. The van der Waals surface area contributed by atoms with Crippen molar-refractivity contribution in [2.75, 3.05) is 13.1 Å². The van der Waals surface area contributed by atoms with Gasteiger partial charge in [0, 0.05) is 17.8 Å². The highest BCUT2D eigenvalue weighted by Crippen LogP contribution is 2.41. The average Bonchev–Trinajstić information content (AvgIpc) is 2.59. The molecule has 0 unspecified atom stereocenters. The second-order valence-corrected chi connectivity index (χ2v) is 4.27. The van der Waals surface area contributed by atoms with Crippen LogP contribution in [0.5, 0.6) is 0 Å². The van der Waals surface area contributed by atoms with Gasteiger partial charge < -0.3 is 15.0 Å². The van der Waals surface area contributed by atoms with E-state index in [1.165, 1.54) is 0 Å². The van der Waals surface area contributed by atoms with Crippen LogP contribution in [0.1, 0.15) is 24.0 Å². The molecule has 0 aliphatic carbocycles. The Labute approximate surface area is 87.7 Å². The summed E-state index contributed by atoms with van der Waals surface area (Å²) in [6, 6.07) is 1.70. The zero-order valence-corrected chi connectivity index (χ0v) is 8.51. The first-order chi connectivity index (χ1) is 7.30. The molecule has 3 heterocycles. The number of hydrogen-bond acceptors (Lipinski definition) is 3. The zero-order valence-electron chi connectivity index (χ0n) is 8.51. The minimum absolute atomic E-state index is 0.0304. The second-order valence-electron chi connectivity index (χ2n) is 4.27. The lowest BCUT2D eigenvalue weighted by Crippen LogP contribution is -2.39. The lowest BCUT2D eigenvalue weighted by atomic mass is 9.85. The van der Waals surface area contributed by atoms with E-state index in [1.807, 2.05) is 0 Å². The third-order valence-electron chi connectivity index (χ3n) is 3.42. The van der Waals surface area contributed by atoms with Gasteiger partial charge in [-0.05, 0) is 31.5 Å². The summed E-state index contributed by atoms with van der Waals surface area (Å²) in [4.78, 5) is 14.0. The Balaban J connectivity index is 2.09. The number of aromatic amines is 1. The Morgan fingerprint density at radius 2 is 2.13 bits per heavy atom. The van der Waals surface area contributed by atoms with Crippen molar-refractivity contribution in [3.8, 4) is 0 Å². The molecule has 0 radical (unpaired) electrons. The van der Waals surface area contributed by atoms with Gasteiger partial charge in [0.25, 0.3) is 0 Å². The lowest BCUT2D eigenvalue weighted by molar-refractivity contribution is -0.0590. The van der Waals surface area contributed by atoms with Crippen LogP contribution in [0.15, 0.2) is 17.1 Å². The highest BCUT2D eigenvalue weighted by molar-refractivity contribution is 5.33. The maximum Gasteiger partial charge on any atom is 0.248 e. The molecule has 0 atom stereocenters. The van der Waals surface area contributed by atoms with Crippen LogP contribution in [0.25, 0.3) is 0 Å². The summed E-state index contributed by atoms with van der Waals surface area (Å²) in [7, 11) is 0. The first kappa shape index (κ1) is 9.12. The highest BCUT2D eigenvalue weighted by atomic mass is 16.5. The van der Waals surface area contributed by atoms with Gasteiger partial charge in [0.1, 0.15) is 0 Å². The normalized spacial score (nSPS) is 22.9. The molecule has 2 aliphatic heterocycles. The van der Waals surface area contributed by atoms with E-state index in [9.17, 15) is 4.79 Å². The van der Waals surface area contributed by atoms with Crippen molar-refractivity contribution in [3.63, 3.8) is 0 Å². The third kappa shape index (κ3) is 1.33. The summed E-state index contributed by atoms with van der Waals surface area (Å²) >= 11 is 0. The largest absolute Gasteiger partial charge is 0.365 e. The molecule has 0 amide bonds. The summed E-state index contributed by atoms with van der Waals surface area (Å²) in [5, 5.41) is 3.32. The molecule has 0 bridgehead atoms. The van der Waals surface area contributed by atoms with Gasteiger partial charge in [0.15, 0.2) is 0 Å². The Kier molecular flexibility index (Phi) is 1.94. The molecule has 80 valence electrons. The van der Waals surface area contributed by atoms with Crippen molar-refractivity contribution in [1.82, 2.24) is 10.3 Å². The van der Waals surface area contributed by atoms with E-state index in [0.29, 0.717) is 6.61 Å². The van der Waals surface area contributed by atoms with Gasteiger partial charge in [-0.1, -0.05) is 0 Å². The Morgan fingerprint density at radius 1 is 1.33 bits per heavy atom. The molecule has 1 aromatic rings. The van der Waals surface area contributed by atoms with E-state index < -0.39 is 0 Å². The fourth-order valence-corrected chi connectivity index (χ4v) is 2.58. The van der Waals surface area contributed by atoms with Gasteiger partial charge >= 0.3 is 0 Å². The number of piperidine rings is 1. The molecule has 1 fully saturated rings. The maximum absolute atomic E-state index is 11.3. The fourth-order valence-electron chi connectivity index (χ4n) is 2.58. The molecule has 3 rings (SSSR count). The van der Waals surface area contributed by atoms with E-state index in [4.69, 9.17) is 4.74 Å². The quantitative estimate of drug-likeness (QED) is 0.649. The SMILES string of the molecule is O=c1cc2c(c[nH]1)COC21CCNCC1. The Morgan fingerprint density at radius 3 is 2.93 bits per heavy atom. The number of aromatic nitrogens is 1. The van der Waals surface area contributed by atoms with Gasteiger partial charge in [-0.2, -0.15) is 0 Å². The van der Waals surface area contributed by atoms with E-state index in [0.717, 1.165) is 37.1 Å². The molecular weight excluding hydrogens is 192 g/mol. The number of pyridine rings is 1. The smallest absolute Gasteiger partial charge is 0.248 e. The highest BCUT2D eigenvalue weighted by Gasteiger charge is 2.41. The molecule has 1 spiro atoms. The van der Waals surface area contributed by atoms with Crippen LogP contribution in [0, 0.1) is 0 Å². The molecule has 15 heavy (non-hydrogen) atoms. The van der Waals surface area contributed by atoms with E-state index >= 15 is 0 Å². The van der Waals surface area contributed by atoms with Crippen LogP contribution in [-0.2, 0) is 16.9 Å². The number of rotatable bonds is 0. The molecular formula is C11H14N2O2. The van der Waals surface area contributed by atoms with Crippen molar-refractivity contribution in [2.45, 2.75) is 25.0 Å². The van der Waals surface area contributed by atoms with Crippen LogP contribution < -0.4 is 10.9 Å². The van der Waals surface area contributed by atoms with Gasteiger partial charge in [-0.3, -0.25) is 4.79 Å². The van der Waals surface area contributed by atoms with E-state index in [-0.39, 0.29) is 11.2 Å². The van der Waals surface area contributed by atoms with Crippen LogP contribution in [0.2, 0.25) is 0 Å².